The van der Waals surface area contributed by atoms with Crippen molar-refractivity contribution in [2.75, 3.05) is 26.2 Å². The number of nitrogens with one attached hydrogen (secondary N) is 1. The molecule has 2 saturated heterocycles. The van der Waals surface area contributed by atoms with Crippen LogP contribution in [0.2, 0.25) is 0 Å². The van der Waals surface area contributed by atoms with Gasteiger partial charge in [-0.25, -0.2) is 0 Å². The SMILES string of the molecule is N=C(N=C(N)N)N1CCC(N2CCCCC2)CC1. The Labute approximate surface area is 109 Å². The van der Waals surface area contributed by atoms with Gasteiger partial charge in [0.15, 0.2) is 5.96 Å². The fourth-order valence-electron chi connectivity index (χ4n) is 2.92. The topological polar surface area (TPSA) is 94.7 Å². The number of nitrogens with two attached hydrogens (primary N) is 2. The van der Waals surface area contributed by atoms with Crippen molar-refractivity contribution in [1.29, 1.82) is 5.41 Å². The minimum absolute atomic E-state index is 0.0295. The van der Waals surface area contributed by atoms with Crippen molar-refractivity contribution in [1.82, 2.24) is 9.80 Å². The van der Waals surface area contributed by atoms with Crippen LogP contribution >= 0.6 is 0 Å². The van der Waals surface area contributed by atoms with Gasteiger partial charge >= 0.3 is 0 Å². The zero-order chi connectivity index (χ0) is 13.0. The highest BCUT2D eigenvalue weighted by molar-refractivity contribution is 5.91. The van der Waals surface area contributed by atoms with Gasteiger partial charge in [-0.2, -0.15) is 4.99 Å². The predicted molar refractivity (Wildman–Crippen MR) is 73.6 cm³/mol. The molecule has 0 radical (unpaired) electrons. The average Bonchev–Trinajstić information content (AvgIpc) is 2.39. The zero-order valence-electron chi connectivity index (χ0n) is 10.9. The molecule has 0 aromatic rings. The molecule has 0 unspecified atom stereocenters. The molecule has 18 heavy (non-hydrogen) atoms. The number of rotatable bonds is 1. The van der Waals surface area contributed by atoms with E-state index in [9.17, 15) is 0 Å². The van der Waals surface area contributed by atoms with Crippen LogP contribution in [0.25, 0.3) is 0 Å². The number of hydrogen-bond acceptors (Lipinski definition) is 2. The minimum atomic E-state index is -0.0295. The molecular formula is C12H24N6. The molecule has 102 valence electrons. The Morgan fingerprint density at radius 1 is 1.00 bits per heavy atom. The van der Waals surface area contributed by atoms with Crippen molar-refractivity contribution in [2.24, 2.45) is 16.5 Å². The standard InChI is InChI=1S/C12H24N6/c13-11(14)16-12(15)18-8-4-10(5-9-18)17-6-2-1-3-7-17/h10H,1-9H2,(H5,13,14,15,16). The van der Waals surface area contributed by atoms with Gasteiger partial charge in [0.2, 0.25) is 5.96 Å². The van der Waals surface area contributed by atoms with Crippen LogP contribution < -0.4 is 11.5 Å². The molecule has 0 amide bonds. The summed E-state index contributed by atoms with van der Waals surface area (Å²) in [5.41, 5.74) is 10.6. The molecule has 0 aromatic heterocycles. The van der Waals surface area contributed by atoms with E-state index in [0.717, 1.165) is 25.9 Å². The third-order valence-electron chi connectivity index (χ3n) is 3.91. The molecule has 0 saturated carbocycles. The third-order valence-corrected chi connectivity index (χ3v) is 3.91. The number of likely N-dealkylation sites (tertiary alicyclic amines) is 2. The Balaban J connectivity index is 1.80. The second kappa shape index (κ2) is 6.04. The van der Waals surface area contributed by atoms with E-state index in [4.69, 9.17) is 16.9 Å². The molecule has 6 nitrogen and oxygen atoms in total. The van der Waals surface area contributed by atoms with Gasteiger partial charge in [0.05, 0.1) is 0 Å². The highest BCUT2D eigenvalue weighted by Crippen LogP contribution is 2.20. The van der Waals surface area contributed by atoms with Crippen molar-refractivity contribution in [3.63, 3.8) is 0 Å². The number of aliphatic imine (C=N–C) groups is 1. The lowest BCUT2D eigenvalue weighted by molar-refractivity contribution is 0.114. The first-order chi connectivity index (χ1) is 8.66. The van der Waals surface area contributed by atoms with Crippen LogP contribution in [0.1, 0.15) is 32.1 Å². The Hall–Kier alpha value is -1.30. The normalized spacial score (nSPS) is 22.8. The van der Waals surface area contributed by atoms with Crippen molar-refractivity contribution in [2.45, 2.75) is 38.1 Å². The maximum Gasteiger partial charge on any atom is 0.221 e. The summed E-state index contributed by atoms with van der Waals surface area (Å²) in [7, 11) is 0. The fourth-order valence-corrected chi connectivity index (χ4v) is 2.92. The summed E-state index contributed by atoms with van der Waals surface area (Å²) in [4.78, 5) is 8.38. The first-order valence-corrected chi connectivity index (χ1v) is 6.84. The van der Waals surface area contributed by atoms with E-state index < -0.39 is 0 Å². The quantitative estimate of drug-likeness (QED) is 0.457. The smallest absolute Gasteiger partial charge is 0.221 e. The fraction of sp³-hybridized carbons (Fsp3) is 0.833. The molecule has 5 N–H and O–H groups in total. The molecule has 2 aliphatic heterocycles. The number of nitrogens with zero attached hydrogens (tertiary/aromatic N) is 3. The summed E-state index contributed by atoms with van der Waals surface area (Å²) in [6, 6.07) is 0.688. The summed E-state index contributed by atoms with van der Waals surface area (Å²) >= 11 is 0. The molecule has 6 heteroatoms. The van der Waals surface area contributed by atoms with Crippen LogP contribution in [0.5, 0.6) is 0 Å². The van der Waals surface area contributed by atoms with Crippen molar-refractivity contribution >= 4 is 11.9 Å². The number of hydrogen-bond donors (Lipinski definition) is 3. The van der Waals surface area contributed by atoms with Gasteiger partial charge in [-0.1, -0.05) is 6.42 Å². The molecule has 2 rings (SSSR count). The largest absolute Gasteiger partial charge is 0.370 e. The van der Waals surface area contributed by atoms with Gasteiger partial charge < -0.3 is 21.3 Å². The van der Waals surface area contributed by atoms with Crippen LogP contribution in [-0.4, -0.2) is 53.9 Å². The van der Waals surface area contributed by atoms with Crippen LogP contribution in [-0.2, 0) is 0 Å². The highest BCUT2D eigenvalue weighted by atomic mass is 15.3. The Morgan fingerprint density at radius 3 is 2.17 bits per heavy atom. The Bertz CT molecular complexity index is 309. The van der Waals surface area contributed by atoms with Gasteiger partial charge in [0.25, 0.3) is 0 Å². The Morgan fingerprint density at radius 2 is 1.61 bits per heavy atom. The molecule has 0 aromatic carbocycles. The van der Waals surface area contributed by atoms with Crippen LogP contribution in [0.15, 0.2) is 4.99 Å². The van der Waals surface area contributed by atoms with Crippen molar-refractivity contribution < 1.29 is 0 Å². The second-order valence-electron chi connectivity index (χ2n) is 5.18. The van der Waals surface area contributed by atoms with Gasteiger partial charge in [-0.15, -0.1) is 0 Å². The van der Waals surface area contributed by atoms with Crippen molar-refractivity contribution in [3.05, 3.63) is 0 Å². The monoisotopic (exact) mass is 252 g/mol. The summed E-state index contributed by atoms with van der Waals surface area (Å²) in [5, 5.41) is 7.79. The highest BCUT2D eigenvalue weighted by Gasteiger charge is 2.26. The first kappa shape index (κ1) is 13.1. The maximum atomic E-state index is 7.79. The van der Waals surface area contributed by atoms with E-state index in [1.165, 1.54) is 32.4 Å². The molecule has 0 atom stereocenters. The maximum absolute atomic E-state index is 7.79. The molecule has 2 fully saturated rings. The molecule has 0 aliphatic carbocycles. The predicted octanol–water partition coefficient (Wildman–Crippen LogP) is 0.145. The second-order valence-corrected chi connectivity index (χ2v) is 5.18. The lowest BCUT2D eigenvalue weighted by Crippen LogP contribution is -2.48. The zero-order valence-corrected chi connectivity index (χ0v) is 10.9. The van der Waals surface area contributed by atoms with E-state index in [-0.39, 0.29) is 11.9 Å². The van der Waals surface area contributed by atoms with Crippen LogP contribution in [0.4, 0.5) is 0 Å². The van der Waals surface area contributed by atoms with E-state index >= 15 is 0 Å². The number of guanidine groups is 2. The van der Waals surface area contributed by atoms with Gasteiger partial charge in [-0.3, -0.25) is 5.41 Å². The van der Waals surface area contributed by atoms with E-state index in [0.29, 0.717) is 6.04 Å². The minimum Gasteiger partial charge on any atom is -0.370 e. The van der Waals surface area contributed by atoms with E-state index in [1.807, 2.05) is 4.90 Å². The van der Waals surface area contributed by atoms with Gasteiger partial charge in [0, 0.05) is 19.1 Å². The lowest BCUT2D eigenvalue weighted by atomic mass is 10.0. The van der Waals surface area contributed by atoms with E-state index in [1.54, 1.807) is 0 Å². The van der Waals surface area contributed by atoms with Gasteiger partial charge in [0.1, 0.15) is 0 Å². The van der Waals surface area contributed by atoms with Crippen molar-refractivity contribution in [3.8, 4) is 0 Å². The summed E-state index contributed by atoms with van der Waals surface area (Å²) in [6.45, 7) is 4.26. The molecule has 2 aliphatic rings. The third kappa shape index (κ3) is 3.35. The van der Waals surface area contributed by atoms with E-state index in [2.05, 4.69) is 9.89 Å². The molecular weight excluding hydrogens is 228 g/mol. The Kier molecular flexibility index (Phi) is 4.41. The summed E-state index contributed by atoms with van der Waals surface area (Å²) < 4.78 is 0. The molecule has 0 spiro atoms. The average molecular weight is 252 g/mol. The van der Waals surface area contributed by atoms with Crippen LogP contribution in [0, 0.1) is 5.41 Å². The molecule has 2 heterocycles. The first-order valence-electron chi connectivity index (χ1n) is 6.84. The summed E-state index contributed by atoms with van der Waals surface area (Å²) in [6.07, 6.45) is 6.28. The van der Waals surface area contributed by atoms with Crippen LogP contribution in [0.3, 0.4) is 0 Å². The molecule has 0 bridgehead atoms. The summed E-state index contributed by atoms with van der Waals surface area (Å²) in [5.74, 6) is 0.172. The number of piperidine rings is 2. The lowest BCUT2D eigenvalue weighted by Gasteiger charge is -2.40. The van der Waals surface area contributed by atoms with Gasteiger partial charge in [-0.05, 0) is 38.8 Å².